The fourth-order valence-electron chi connectivity index (χ4n) is 3.84. The molecule has 6 unspecified atom stereocenters. The van der Waals surface area contributed by atoms with Crippen LogP contribution in [0, 0.1) is 0 Å². The van der Waals surface area contributed by atoms with Crippen molar-refractivity contribution in [2.45, 2.75) is 80.0 Å². The molecule has 19 heteroatoms. The first kappa shape index (κ1) is 28.3. The van der Waals surface area contributed by atoms with Gasteiger partial charge in [-0.3, -0.25) is 4.79 Å². The number of carbonyl (C=O) groups excluding carboxylic acids is 1. The van der Waals surface area contributed by atoms with Gasteiger partial charge in [-0.2, -0.15) is 0 Å². The molecule has 1 saturated carbocycles. The molecule has 0 aromatic rings. The van der Waals surface area contributed by atoms with E-state index in [9.17, 15) is 35.4 Å². The van der Waals surface area contributed by atoms with E-state index in [1.165, 1.54) is 0 Å². The van der Waals surface area contributed by atoms with Crippen molar-refractivity contribution in [2.75, 3.05) is 13.2 Å². The van der Waals surface area contributed by atoms with E-state index in [-0.39, 0.29) is 19.4 Å². The van der Waals surface area contributed by atoms with Crippen LogP contribution in [-0.4, -0.2) is 117 Å². The predicted molar refractivity (Wildman–Crippen MR) is 112 cm³/mol. The fourth-order valence-corrected chi connectivity index (χ4v) is 3.84. The third-order valence-electron chi connectivity index (χ3n) is 5.69. The molecule has 19 nitrogen and oxygen atoms in total. The van der Waals surface area contributed by atoms with E-state index in [1.54, 1.807) is 0 Å². The van der Waals surface area contributed by atoms with Gasteiger partial charge in [-0.15, -0.1) is 0 Å². The zero-order valence-corrected chi connectivity index (χ0v) is 18.1. The molecule has 11 atom stereocenters. The van der Waals surface area contributed by atoms with Crippen molar-refractivity contribution in [1.29, 1.82) is 0 Å². The molecule has 194 valence electrons. The van der Waals surface area contributed by atoms with E-state index in [1.807, 2.05) is 0 Å². The molecule has 0 spiro atoms. The average Bonchev–Trinajstić information content (AvgIpc) is 2.84. The molecule has 1 saturated heterocycles. The van der Waals surface area contributed by atoms with Crippen LogP contribution < -0.4 is 5.32 Å². The number of nitrogens with one attached hydrogen (secondary N) is 1. The molecule has 1 aliphatic heterocycles. The van der Waals surface area contributed by atoms with Crippen LogP contribution >= 0.6 is 0 Å². The second-order valence-electron chi connectivity index (χ2n) is 7.87. The molecule has 0 aromatic heterocycles. The highest BCUT2D eigenvalue weighted by atomic mass is 16.7. The summed E-state index contributed by atoms with van der Waals surface area (Å²) in [6.07, 6.45) is -13.4. The van der Waals surface area contributed by atoms with E-state index >= 15 is 0 Å². The zero-order chi connectivity index (χ0) is 26.1. The van der Waals surface area contributed by atoms with Crippen molar-refractivity contribution < 1.29 is 44.9 Å². The lowest BCUT2D eigenvalue weighted by Gasteiger charge is -2.46. The van der Waals surface area contributed by atoms with Gasteiger partial charge in [-0.1, -0.05) is 15.3 Å². The second kappa shape index (κ2) is 13.2. The van der Waals surface area contributed by atoms with E-state index < -0.39 is 79.7 Å². The summed E-state index contributed by atoms with van der Waals surface area (Å²) in [4.78, 5) is 19.9. The first-order valence-electron chi connectivity index (χ1n) is 10.4. The summed E-state index contributed by atoms with van der Waals surface area (Å²) in [6.45, 7) is -0.909. The molecular formula is C16H26N10O9. The summed E-state index contributed by atoms with van der Waals surface area (Å²) in [6, 6.07) is -3.95. The lowest BCUT2D eigenvalue weighted by molar-refractivity contribution is -0.294. The summed E-state index contributed by atoms with van der Waals surface area (Å²) in [7, 11) is 0. The Bertz CT molecular complexity index is 878. The molecule has 1 aliphatic carbocycles. The van der Waals surface area contributed by atoms with Gasteiger partial charge in [0.2, 0.25) is 5.91 Å². The number of hydrogen-bond acceptors (Lipinski definition) is 12. The minimum absolute atomic E-state index is 0.165. The topological polar surface area (TPSA) is 315 Å². The van der Waals surface area contributed by atoms with Crippen LogP contribution in [0.1, 0.15) is 12.8 Å². The summed E-state index contributed by atoms with van der Waals surface area (Å²) < 4.78 is 11.0. The third-order valence-corrected chi connectivity index (χ3v) is 5.69. The van der Waals surface area contributed by atoms with Gasteiger partial charge in [0.15, 0.2) is 6.29 Å². The number of aliphatic hydroxyl groups is 6. The maximum atomic E-state index is 12.2. The number of aliphatic hydroxyl groups excluding tert-OH is 6. The maximum absolute atomic E-state index is 12.2. The zero-order valence-electron chi connectivity index (χ0n) is 18.1. The van der Waals surface area contributed by atoms with Crippen LogP contribution in [0.15, 0.2) is 15.3 Å². The molecular weight excluding hydrogens is 476 g/mol. The van der Waals surface area contributed by atoms with Crippen molar-refractivity contribution in [3.63, 3.8) is 0 Å². The first-order valence-corrected chi connectivity index (χ1v) is 10.4. The Kier molecular flexibility index (Phi) is 10.7. The number of nitrogens with zero attached hydrogens (tertiary/aromatic N) is 9. The van der Waals surface area contributed by atoms with Crippen molar-refractivity contribution in [3.8, 4) is 0 Å². The minimum atomic E-state index is -1.81. The largest absolute Gasteiger partial charge is 0.394 e. The van der Waals surface area contributed by atoms with Gasteiger partial charge in [0.05, 0.1) is 30.9 Å². The fraction of sp³-hybridized carbons (Fsp3) is 0.938. The molecule has 0 bridgehead atoms. The summed E-state index contributed by atoms with van der Waals surface area (Å²) in [5, 5.41) is 73.1. The van der Waals surface area contributed by atoms with Crippen LogP contribution in [0.5, 0.6) is 0 Å². The van der Waals surface area contributed by atoms with E-state index in [4.69, 9.17) is 26.1 Å². The number of ether oxygens (including phenoxy) is 2. The molecule has 2 fully saturated rings. The molecule has 35 heavy (non-hydrogen) atoms. The predicted octanol–water partition coefficient (Wildman–Crippen LogP) is -2.16. The lowest BCUT2D eigenvalue weighted by Crippen LogP contribution is -2.64. The molecule has 0 radical (unpaired) electrons. The first-order chi connectivity index (χ1) is 16.7. The average molecular weight is 502 g/mol. The number of azide groups is 3. The quantitative estimate of drug-likeness (QED) is 0.0969. The summed E-state index contributed by atoms with van der Waals surface area (Å²) in [5.41, 5.74) is 26.0. The Morgan fingerprint density at radius 3 is 2.34 bits per heavy atom. The Morgan fingerprint density at radius 2 is 1.74 bits per heavy atom. The molecule has 1 amide bonds. The Morgan fingerprint density at radius 1 is 1.06 bits per heavy atom. The van der Waals surface area contributed by atoms with Crippen LogP contribution in [0.4, 0.5) is 0 Å². The molecule has 1 heterocycles. The van der Waals surface area contributed by atoms with E-state index in [0.717, 1.165) is 0 Å². The van der Waals surface area contributed by atoms with Crippen LogP contribution in [-0.2, 0) is 14.3 Å². The van der Waals surface area contributed by atoms with Gasteiger partial charge in [0, 0.05) is 21.3 Å². The number of hydrogen-bond donors (Lipinski definition) is 7. The standard InChI is InChI=1S/C16H26N10O9/c17-24-20-2-1-7(28)15(33)21-5-3-6(22-25-18)14(13(32)10(5)29)35-16-9(23-26-19)12(31)11(30)8(4-27)34-16/h5-14,16,27-32H,1-4H2,(H,21,33)/t5-,6?,7+,8?,9?,10?,11-,12?,13?,14-,16-/m1/s1. The smallest absolute Gasteiger partial charge is 0.249 e. The highest BCUT2D eigenvalue weighted by molar-refractivity contribution is 5.80. The number of amides is 1. The minimum Gasteiger partial charge on any atom is -0.394 e. The van der Waals surface area contributed by atoms with Crippen molar-refractivity contribution in [2.24, 2.45) is 15.3 Å². The Hall–Kier alpha value is -2.92. The van der Waals surface area contributed by atoms with Gasteiger partial charge in [0.25, 0.3) is 0 Å². The van der Waals surface area contributed by atoms with Gasteiger partial charge in [-0.25, -0.2) is 0 Å². The monoisotopic (exact) mass is 502 g/mol. The van der Waals surface area contributed by atoms with Crippen LogP contribution in [0.2, 0.25) is 0 Å². The summed E-state index contributed by atoms with van der Waals surface area (Å²) >= 11 is 0. The molecule has 7 N–H and O–H groups in total. The molecule has 0 aromatic carbocycles. The van der Waals surface area contributed by atoms with Crippen molar-refractivity contribution in [3.05, 3.63) is 31.3 Å². The second-order valence-corrected chi connectivity index (χ2v) is 7.87. The SMILES string of the molecule is [N-]=[N+]=NCC[C@H](O)C(=O)N[C@@H]1CC(N=[N+]=[N-])[C@@H](O[C@H]2OC(CO)[C@@H](O)C(O)C2N=[N+]=[N-])C(O)C1O. The van der Waals surface area contributed by atoms with Crippen molar-refractivity contribution in [1.82, 2.24) is 5.32 Å². The highest BCUT2D eigenvalue weighted by Gasteiger charge is 2.50. The van der Waals surface area contributed by atoms with Gasteiger partial charge >= 0.3 is 0 Å². The van der Waals surface area contributed by atoms with Crippen LogP contribution in [0.25, 0.3) is 31.3 Å². The molecule has 2 aliphatic rings. The normalized spacial score (nSPS) is 37.7. The van der Waals surface area contributed by atoms with Gasteiger partial charge in [-0.05, 0) is 29.4 Å². The summed E-state index contributed by atoms with van der Waals surface area (Å²) in [5.74, 6) is -0.935. The van der Waals surface area contributed by atoms with Gasteiger partial charge in [0.1, 0.15) is 36.6 Å². The Balaban J connectivity index is 2.20. The van der Waals surface area contributed by atoms with E-state index in [0.29, 0.717) is 0 Å². The van der Waals surface area contributed by atoms with Gasteiger partial charge < -0.3 is 45.4 Å². The van der Waals surface area contributed by atoms with Crippen molar-refractivity contribution >= 4 is 5.91 Å². The highest BCUT2D eigenvalue weighted by Crippen LogP contribution is 2.31. The number of carbonyl (C=O) groups is 1. The lowest BCUT2D eigenvalue weighted by atomic mass is 9.83. The third kappa shape index (κ3) is 6.82. The van der Waals surface area contributed by atoms with Crippen LogP contribution in [0.3, 0.4) is 0 Å². The number of rotatable bonds is 10. The molecule has 2 rings (SSSR count). The van der Waals surface area contributed by atoms with E-state index in [2.05, 4.69) is 35.4 Å². The Labute approximate surface area is 196 Å². The maximum Gasteiger partial charge on any atom is 0.249 e.